The van der Waals surface area contributed by atoms with Gasteiger partial charge in [0.15, 0.2) is 0 Å². The van der Waals surface area contributed by atoms with Gasteiger partial charge in [-0.15, -0.1) is 0 Å². The van der Waals surface area contributed by atoms with Crippen molar-refractivity contribution in [3.8, 4) is 6.07 Å². The Morgan fingerprint density at radius 1 is 1.18 bits per heavy atom. The van der Waals surface area contributed by atoms with Crippen LogP contribution in [-0.4, -0.2) is 36.9 Å². The molecule has 5 nitrogen and oxygen atoms in total. The Morgan fingerprint density at radius 2 is 1.90 bits per heavy atom. The van der Waals surface area contributed by atoms with Gasteiger partial charge in [-0.2, -0.15) is 5.26 Å². The highest BCUT2D eigenvalue weighted by molar-refractivity contribution is 6.31. The smallest absolute Gasteiger partial charge is 0.225 e. The van der Waals surface area contributed by atoms with E-state index in [4.69, 9.17) is 16.9 Å². The second-order valence-corrected chi connectivity index (χ2v) is 10.8. The van der Waals surface area contributed by atoms with Crippen LogP contribution >= 0.6 is 11.6 Å². The number of rotatable bonds is 10. The molecule has 1 heterocycles. The first-order valence-corrected chi connectivity index (χ1v) is 14.8. The number of nitriles is 1. The second-order valence-electron chi connectivity index (χ2n) is 10.4. The van der Waals surface area contributed by atoms with Crippen molar-refractivity contribution in [2.24, 2.45) is 17.8 Å². The molecule has 3 rings (SSSR count). The summed E-state index contributed by atoms with van der Waals surface area (Å²) in [5.74, 6) is 1.74. The number of hydrogen-bond acceptors (Lipinski definition) is 3. The third-order valence-corrected chi connectivity index (χ3v) is 7.89. The zero-order chi connectivity index (χ0) is 29.2. The average Bonchev–Trinajstić information content (AvgIpc) is 3.43. The highest BCUT2D eigenvalue weighted by Gasteiger charge is 2.32. The molecule has 6 heteroatoms. The number of carbonyl (C=O) groups excluding carboxylic acids is 2. The number of amides is 2. The number of nitrogens with zero attached hydrogens (tertiary/aromatic N) is 2. The first kappa shape index (κ1) is 34.2. The van der Waals surface area contributed by atoms with Crippen molar-refractivity contribution >= 4 is 23.9 Å². The van der Waals surface area contributed by atoms with Crippen molar-refractivity contribution in [3.05, 3.63) is 69.7 Å². The van der Waals surface area contributed by atoms with Crippen molar-refractivity contribution in [3.63, 3.8) is 0 Å². The van der Waals surface area contributed by atoms with Crippen LogP contribution in [0.1, 0.15) is 82.1 Å². The SMILES string of the molecule is CCCC(CCNC=O)C(=O)N1CCC(C(C)CC)C1.CCc1ccccc1C.Cc1ccc(C#N)c(Cl)c1. The third kappa shape index (κ3) is 12.3. The van der Waals surface area contributed by atoms with Gasteiger partial charge in [0.1, 0.15) is 6.07 Å². The number of aryl methyl sites for hydroxylation is 3. The van der Waals surface area contributed by atoms with Gasteiger partial charge in [-0.3, -0.25) is 9.59 Å². The largest absolute Gasteiger partial charge is 0.359 e. The maximum Gasteiger partial charge on any atom is 0.225 e. The van der Waals surface area contributed by atoms with Gasteiger partial charge < -0.3 is 10.2 Å². The molecule has 0 bridgehead atoms. The Kier molecular flexibility index (Phi) is 16.9. The van der Waals surface area contributed by atoms with Gasteiger partial charge in [0, 0.05) is 25.6 Å². The number of nitrogens with one attached hydrogen (secondary N) is 1. The molecule has 1 saturated heterocycles. The van der Waals surface area contributed by atoms with Gasteiger partial charge in [0.05, 0.1) is 10.6 Å². The summed E-state index contributed by atoms with van der Waals surface area (Å²) in [6, 6.07) is 15.8. The van der Waals surface area contributed by atoms with Crippen molar-refractivity contribution in [2.75, 3.05) is 19.6 Å². The predicted octanol–water partition coefficient (Wildman–Crippen LogP) is 7.51. The fourth-order valence-electron chi connectivity index (χ4n) is 4.82. The van der Waals surface area contributed by atoms with Crippen LogP contribution in [0.25, 0.3) is 0 Å². The van der Waals surface area contributed by atoms with Crippen LogP contribution in [0.4, 0.5) is 0 Å². The molecular weight excluding hydrogens is 506 g/mol. The average molecular weight is 554 g/mol. The van der Waals surface area contributed by atoms with Crippen molar-refractivity contribution in [1.29, 1.82) is 5.26 Å². The van der Waals surface area contributed by atoms with Crippen LogP contribution in [0.5, 0.6) is 0 Å². The van der Waals surface area contributed by atoms with E-state index in [1.165, 1.54) is 17.5 Å². The molecule has 1 N–H and O–H groups in total. The van der Waals surface area contributed by atoms with Crippen LogP contribution in [0, 0.1) is 42.9 Å². The van der Waals surface area contributed by atoms with Crippen LogP contribution < -0.4 is 5.32 Å². The normalized spacial score (nSPS) is 15.5. The number of likely N-dealkylation sites (tertiary alicyclic amines) is 1. The molecule has 2 amide bonds. The quantitative estimate of drug-likeness (QED) is 0.244. The lowest BCUT2D eigenvalue weighted by Gasteiger charge is -2.24. The molecule has 0 aliphatic carbocycles. The molecule has 1 fully saturated rings. The molecule has 2 aromatic carbocycles. The van der Waals surface area contributed by atoms with Crippen molar-refractivity contribution in [1.82, 2.24) is 10.2 Å². The summed E-state index contributed by atoms with van der Waals surface area (Å²) >= 11 is 5.71. The van der Waals surface area contributed by atoms with Crippen molar-refractivity contribution in [2.45, 2.75) is 80.1 Å². The first-order valence-electron chi connectivity index (χ1n) is 14.4. The maximum atomic E-state index is 12.6. The van der Waals surface area contributed by atoms with E-state index in [0.717, 1.165) is 50.8 Å². The number of halogens is 1. The Bertz CT molecular complexity index is 1050. The number of hydrogen-bond donors (Lipinski definition) is 1. The minimum absolute atomic E-state index is 0.0723. The Balaban J connectivity index is 0.000000331. The lowest BCUT2D eigenvalue weighted by Crippen LogP contribution is -2.36. The minimum Gasteiger partial charge on any atom is -0.359 e. The van der Waals surface area contributed by atoms with E-state index in [9.17, 15) is 9.59 Å². The van der Waals surface area contributed by atoms with E-state index in [-0.39, 0.29) is 5.92 Å². The molecule has 0 saturated carbocycles. The standard InChI is InChI=1S/C16H30N2O2.C9H12.C8H6ClN/c1-4-6-14(7-9-17-12-19)16(20)18-10-8-15(11-18)13(3)5-2;1-3-9-7-5-4-6-8(9)2;1-6-2-3-7(5-10)8(9)4-6/h12-15H,4-11H2,1-3H3,(H,17,19);4-7H,3H2,1-2H3;2-4H,1H3. The lowest BCUT2D eigenvalue weighted by molar-refractivity contribution is -0.135. The van der Waals surface area contributed by atoms with Gasteiger partial charge in [0.2, 0.25) is 12.3 Å². The van der Waals surface area contributed by atoms with E-state index in [2.05, 4.69) is 69.1 Å². The summed E-state index contributed by atoms with van der Waals surface area (Å²) in [5.41, 5.74) is 4.47. The summed E-state index contributed by atoms with van der Waals surface area (Å²) in [4.78, 5) is 25.0. The van der Waals surface area contributed by atoms with Gasteiger partial charge in [-0.05, 0) is 80.2 Å². The molecule has 1 aliphatic rings. The zero-order valence-electron chi connectivity index (χ0n) is 24.8. The van der Waals surface area contributed by atoms with E-state index in [1.807, 2.05) is 19.1 Å². The molecule has 2 aromatic rings. The summed E-state index contributed by atoms with van der Waals surface area (Å²) in [5, 5.41) is 11.7. The Hall–Kier alpha value is -2.84. The number of benzene rings is 2. The molecule has 0 aromatic heterocycles. The van der Waals surface area contributed by atoms with E-state index in [0.29, 0.717) is 41.3 Å². The summed E-state index contributed by atoms with van der Waals surface area (Å²) < 4.78 is 0. The molecule has 3 unspecified atom stereocenters. The highest BCUT2D eigenvalue weighted by Crippen LogP contribution is 2.28. The Labute approximate surface area is 241 Å². The molecule has 0 radical (unpaired) electrons. The molecule has 1 aliphatic heterocycles. The third-order valence-electron chi connectivity index (χ3n) is 7.58. The van der Waals surface area contributed by atoms with Crippen LogP contribution in [0.15, 0.2) is 42.5 Å². The van der Waals surface area contributed by atoms with Gasteiger partial charge in [-0.1, -0.05) is 82.5 Å². The van der Waals surface area contributed by atoms with E-state index >= 15 is 0 Å². The first-order chi connectivity index (χ1) is 18.7. The van der Waals surface area contributed by atoms with E-state index < -0.39 is 0 Å². The van der Waals surface area contributed by atoms with E-state index in [1.54, 1.807) is 12.1 Å². The summed E-state index contributed by atoms with van der Waals surface area (Å²) in [6.07, 6.45) is 6.88. The summed E-state index contributed by atoms with van der Waals surface area (Å²) in [6.45, 7) is 15.3. The fraction of sp³-hybridized carbons (Fsp3) is 0.545. The van der Waals surface area contributed by atoms with Gasteiger partial charge in [0.25, 0.3) is 0 Å². The monoisotopic (exact) mass is 553 g/mol. The lowest BCUT2D eigenvalue weighted by atomic mass is 9.91. The topological polar surface area (TPSA) is 73.2 Å². The second kappa shape index (κ2) is 19.3. The minimum atomic E-state index is 0.0723. The van der Waals surface area contributed by atoms with Crippen LogP contribution in [0.2, 0.25) is 5.02 Å². The van der Waals surface area contributed by atoms with Gasteiger partial charge >= 0.3 is 0 Å². The maximum absolute atomic E-state index is 12.6. The summed E-state index contributed by atoms with van der Waals surface area (Å²) in [7, 11) is 0. The van der Waals surface area contributed by atoms with Crippen molar-refractivity contribution < 1.29 is 9.59 Å². The molecular formula is C33H48ClN3O2. The van der Waals surface area contributed by atoms with Crippen LogP contribution in [-0.2, 0) is 16.0 Å². The molecule has 39 heavy (non-hydrogen) atoms. The Morgan fingerprint density at radius 3 is 2.44 bits per heavy atom. The highest BCUT2D eigenvalue weighted by atomic mass is 35.5. The molecule has 214 valence electrons. The fourth-order valence-corrected chi connectivity index (χ4v) is 5.09. The number of carbonyl (C=O) groups is 2. The molecule has 0 spiro atoms. The zero-order valence-corrected chi connectivity index (χ0v) is 25.6. The van der Waals surface area contributed by atoms with Crippen LogP contribution in [0.3, 0.4) is 0 Å². The van der Waals surface area contributed by atoms with Gasteiger partial charge in [-0.25, -0.2) is 0 Å². The molecule has 3 atom stereocenters. The predicted molar refractivity (Wildman–Crippen MR) is 163 cm³/mol.